The number of rotatable bonds is 8. The fourth-order valence-electron chi connectivity index (χ4n) is 8.11. The van der Waals surface area contributed by atoms with Gasteiger partial charge >= 0.3 is 12.2 Å². The lowest BCUT2D eigenvalue weighted by atomic mass is 9.78. The van der Waals surface area contributed by atoms with E-state index < -0.39 is 57.8 Å². The van der Waals surface area contributed by atoms with Crippen LogP contribution in [0.1, 0.15) is 99.3 Å². The maximum Gasteiger partial charge on any atom is 0.424 e. The summed E-state index contributed by atoms with van der Waals surface area (Å²) < 4.78 is 26.3. The van der Waals surface area contributed by atoms with Crippen LogP contribution in [0, 0.1) is 10.8 Å². The second-order valence-electron chi connectivity index (χ2n) is 18.8. The average molecular weight is 957 g/mol. The van der Waals surface area contributed by atoms with Gasteiger partial charge < -0.3 is 43.7 Å². The fourth-order valence-corrected chi connectivity index (χ4v) is 8.20. The van der Waals surface area contributed by atoms with Crippen molar-refractivity contribution in [2.45, 2.75) is 117 Å². The molecule has 2 aromatic carbocycles. The second-order valence-corrected chi connectivity index (χ2v) is 19.2. The van der Waals surface area contributed by atoms with Crippen LogP contribution in [0.25, 0.3) is 0 Å². The molecule has 2 N–H and O–H groups in total. The van der Waals surface area contributed by atoms with Gasteiger partial charge in [0.1, 0.15) is 29.3 Å². The zero-order valence-electron chi connectivity index (χ0n) is 38.9. The number of likely N-dealkylation sites (tertiary alicyclic amines) is 2. The Balaban J connectivity index is 0.000000209. The number of aliphatic hydroxyl groups is 1. The first kappa shape index (κ1) is 52.3. The first-order valence-electron chi connectivity index (χ1n) is 22.3. The number of hydrogen-bond acceptors (Lipinski definition) is 15. The number of phenols is 1. The number of imide groups is 6. The Morgan fingerprint density at radius 3 is 1.57 bits per heavy atom. The summed E-state index contributed by atoms with van der Waals surface area (Å²) in [6, 6.07) is 12.8. The number of aromatic hydroxyl groups is 1. The number of carbonyl (C=O) groups is 8. The van der Waals surface area contributed by atoms with Crippen LogP contribution in [0.15, 0.2) is 48.5 Å². The number of aliphatic hydroxyl groups excluding tert-OH is 1. The van der Waals surface area contributed by atoms with E-state index in [1.165, 1.54) is 34.8 Å². The van der Waals surface area contributed by atoms with Crippen LogP contribution in [0.5, 0.6) is 11.5 Å². The lowest BCUT2D eigenvalue weighted by Gasteiger charge is -2.36. The van der Waals surface area contributed by atoms with Gasteiger partial charge in [-0.1, -0.05) is 0 Å². The zero-order valence-corrected chi connectivity index (χ0v) is 39.6. The molecule has 5 aliphatic heterocycles. The number of amides is 8. The van der Waals surface area contributed by atoms with Crippen LogP contribution in [0.3, 0.4) is 0 Å². The maximum absolute atomic E-state index is 13.2. The second kappa shape index (κ2) is 22.0. The van der Waals surface area contributed by atoms with Gasteiger partial charge in [0.25, 0.3) is 0 Å². The molecule has 5 aliphatic rings. The summed E-state index contributed by atoms with van der Waals surface area (Å²) in [6.45, 7) is 11.5. The van der Waals surface area contributed by atoms with E-state index in [-0.39, 0.29) is 88.7 Å². The van der Waals surface area contributed by atoms with Crippen molar-refractivity contribution in [2.75, 3.05) is 55.2 Å². The molecule has 7 rings (SSSR count). The number of alkyl halides is 1. The Labute approximate surface area is 394 Å². The van der Waals surface area contributed by atoms with Gasteiger partial charge in [-0.3, -0.25) is 28.8 Å². The van der Waals surface area contributed by atoms with Gasteiger partial charge in [0.2, 0.25) is 35.4 Å². The predicted octanol–water partition coefficient (Wildman–Crippen LogP) is 5.83. The molecule has 8 amide bonds. The largest absolute Gasteiger partial charge is 0.508 e. The lowest BCUT2D eigenvalue weighted by molar-refractivity contribution is -0.158. The first-order chi connectivity index (χ1) is 31.5. The molecule has 5 saturated heterocycles. The molecule has 5 heterocycles. The highest BCUT2D eigenvalue weighted by Crippen LogP contribution is 2.45. The maximum atomic E-state index is 13.2. The van der Waals surface area contributed by atoms with E-state index in [0.29, 0.717) is 39.4 Å². The van der Waals surface area contributed by atoms with Crippen molar-refractivity contribution in [1.82, 2.24) is 9.80 Å². The Hall–Kier alpha value is -5.63. The van der Waals surface area contributed by atoms with Gasteiger partial charge in [0.15, 0.2) is 6.29 Å². The number of hydrogen-bond donors (Lipinski definition) is 2. The van der Waals surface area contributed by atoms with Gasteiger partial charge in [-0.05, 0) is 122 Å². The predicted molar refractivity (Wildman–Crippen MR) is 241 cm³/mol. The van der Waals surface area contributed by atoms with Gasteiger partial charge in [0, 0.05) is 62.6 Å². The Bertz CT molecular complexity index is 2150. The van der Waals surface area contributed by atoms with Gasteiger partial charge in [0.05, 0.1) is 24.0 Å². The highest BCUT2D eigenvalue weighted by Gasteiger charge is 2.58. The van der Waals surface area contributed by atoms with Crippen molar-refractivity contribution in [3.63, 3.8) is 0 Å². The third kappa shape index (κ3) is 13.3. The van der Waals surface area contributed by atoms with Crippen LogP contribution in [-0.4, -0.2) is 131 Å². The standard InChI is InChI=1S/C21H26N2O7.C19H22N2O6.C7H13ClO2/c1-20(2,3)30-19(28)23-16(25)8-9-21(18(23)27)12-17(26)22(13-21)14-4-6-15(7-5-14)29-11-10-24;1-18(2,3)27-17(26)21-14(23)8-9-19(16(21)25)10-15(24)20(11-19)12-4-6-13(22)7-5-12;8-4-6-10-7-3-1-2-5-9-7/h4-7,24H,8-13H2,1-3H3;4-7,22H,8-11H2,1-3H3;7H,1-6H2. The van der Waals surface area contributed by atoms with Crippen molar-refractivity contribution >= 4 is 70.6 Å². The number of benzene rings is 2. The smallest absolute Gasteiger partial charge is 0.424 e. The molecule has 2 spiro atoms. The van der Waals surface area contributed by atoms with E-state index in [1.54, 1.807) is 77.9 Å². The highest BCUT2D eigenvalue weighted by atomic mass is 35.5. The van der Waals surface area contributed by atoms with Crippen LogP contribution >= 0.6 is 11.6 Å². The van der Waals surface area contributed by atoms with Crippen LogP contribution < -0.4 is 14.5 Å². The fraction of sp³-hybridized carbons (Fsp3) is 0.574. The van der Waals surface area contributed by atoms with Crippen molar-refractivity contribution in [1.29, 1.82) is 0 Å². The van der Waals surface area contributed by atoms with Crippen LogP contribution in [0.4, 0.5) is 21.0 Å². The van der Waals surface area contributed by atoms with Crippen molar-refractivity contribution in [2.24, 2.45) is 10.8 Å². The number of nitrogens with zero attached hydrogens (tertiary/aromatic N) is 4. The van der Waals surface area contributed by atoms with Crippen LogP contribution in [-0.2, 0) is 47.7 Å². The Morgan fingerprint density at radius 2 is 1.16 bits per heavy atom. The number of ether oxygens (including phenoxy) is 5. The average Bonchev–Trinajstić information content (AvgIpc) is 3.79. The molecule has 5 fully saturated rings. The van der Waals surface area contributed by atoms with E-state index in [1.807, 2.05) is 0 Å². The molecule has 3 atom stereocenters. The van der Waals surface area contributed by atoms with Crippen LogP contribution in [0.2, 0.25) is 0 Å². The molecule has 0 radical (unpaired) electrons. The third-order valence-electron chi connectivity index (χ3n) is 11.3. The molecule has 3 unspecified atom stereocenters. The molecule has 0 bridgehead atoms. The minimum Gasteiger partial charge on any atom is -0.508 e. The number of piperidine rings is 2. The Morgan fingerprint density at radius 1 is 0.701 bits per heavy atom. The van der Waals surface area contributed by atoms with E-state index in [4.69, 9.17) is 40.4 Å². The summed E-state index contributed by atoms with van der Waals surface area (Å²) in [5.74, 6) is -1.97. The van der Waals surface area contributed by atoms with E-state index in [2.05, 4.69) is 0 Å². The van der Waals surface area contributed by atoms with E-state index in [9.17, 15) is 43.5 Å². The molecule has 0 aliphatic carbocycles. The minimum absolute atomic E-state index is 0.0122. The zero-order chi connectivity index (χ0) is 49.3. The Kier molecular flexibility index (Phi) is 17.2. The first-order valence-corrected chi connectivity index (χ1v) is 22.8. The summed E-state index contributed by atoms with van der Waals surface area (Å²) in [5, 5.41) is 18.2. The molecule has 67 heavy (non-hydrogen) atoms. The monoisotopic (exact) mass is 956 g/mol. The number of anilines is 2. The summed E-state index contributed by atoms with van der Waals surface area (Å²) in [5.41, 5.74) is -2.87. The molecular weight excluding hydrogens is 896 g/mol. The van der Waals surface area contributed by atoms with Crippen molar-refractivity contribution in [3.8, 4) is 11.5 Å². The van der Waals surface area contributed by atoms with Crippen molar-refractivity contribution in [3.05, 3.63) is 48.5 Å². The molecule has 0 saturated carbocycles. The van der Waals surface area contributed by atoms with Gasteiger partial charge in [-0.2, -0.15) is 9.80 Å². The topological polar surface area (TPSA) is 236 Å². The molecule has 20 heteroatoms. The SMILES string of the molecule is CC(C)(C)OC(=O)N1C(=O)CCC2(CC(=O)N(c3ccc(O)cc3)C2)C1=O.CC(C)(C)OC(=O)N1C(=O)CCC2(CC(=O)N(c3ccc(OCCO)cc3)C2)C1=O.ClCCOC1CCCCO1. The summed E-state index contributed by atoms with van der Waals surface area (Å²) >= 11 is 5.44. The van der Waals surface area contributed by atoms with Gasteiger partial charge in [-0.25, -0.2) is 9.59 Å². The summed E-state index contributed by atoms with van der Waals surface area (Å²) in [6.07, 6.45) is 1.62. The van der Waals surface area contributed by atoms with Gasteiger partial charge in [-0.15, -0.1) is 11.6 Å². The van der Waals surface area contributed by atoms with E-state index in [0.717, 1.165) is 13.0 Å². The number of carbonyl (C=O) groups excluding carboxylic acids is 8. The number of phenolic OH excluding ortho intramolecular Hbond substituents is 1. The number of halogens is 1. The highest BCUT2D eigenvalue weighted by molar-refractivity contribution is 6.18. The van der Waals surface area contributed by atoms with E-state index >= 15 is 0 Å². The molecular formula is C47H61ClN4O15. The minimum atomic E-state index is -1.14. The normalized spacial score (nSPS) is 23.3. The quantitative estimate of drug-likeness (QED) is 0.234. The molecule has 19 nitrogen and oxygen atoms in total. The summed E-state index contributed by atoms with van der Waals surface area (Å²) in [7, 11) is 0. The molecule has 0 aromatic heterocycles. The molecule has 366 valence electrons. The third-order valence-corrected chi connectivity index (χ3v) is 11.4. The summed E-state index contributed by atoms with van der Waals surface area (Å²) in [4.78, 5) is 105. The molecule has 2 aromatic rings. The lowest BCUT2D eigenvalue weighted by Crippen LogP contribution is -2.55. The van der Waals surface area contributed by atoms with Crippen molar-refractivity contribution < 1.29 is 72.3 Å².